The van der Waals surface area contributed by atoms with Crippen molar-refractivity contribution in [1.29, 1.82) is 0 Å². The summed E-state index contributed by atoms with van der Waals surface area (Å²) in [5.41, 5.74) is 3.67. The molecule has 0 radical (unpaired) electrons. The van der Waals surface area contributed by atoms with Gasteiger partial charge in [-0.1, -0.05) is 18.2 Å². The van der Waals surface area contributed by atoms with Crippen LogP contribution in [0.1, 0.15) is 24.0 Å². The summed E-state index contributed by atoms with van der Waals surface area (Å²) >= 11 is 0. The number of rotatable bonds is 3. The van der Waals surface area contributed by atoms with E-state index in [0.717, 1.165) is 31.7 Å². The number of aryl methyl sites for hydroxylation is 1. The van der Waals surface area contributed by atoms with Crippen LogP contribution in [0.25, 0.3) is 10.9 Å². The van der Waals surface area contributed by atoms with Gasteiger partial charge in [-0.05, 0) is 37.0 Å². The Morgan fingerprint density at radius 3 is 3.16 bits per heavy atom. The zero-order valence-electron chi connectivity index (χ0n) is 11.4. The molecular weight excluding hydrogens is 236 g/mol. The summed E-state index contributed by atoms with van der Waals surface area (Å²) in [6.07, 6.45) is 4.23. The standard InChI is InChI=1S/C16H20N2O/c1-12-6-7-13(15-5-2-8-17-16(12)15)10-18-14-4-3-9-19-11-14/h2,5-8,14,18H,3-4,9-11H2,1H3/t14-/m0/s1. The first kappa shape index (κ1) is 12.6. The molecule has 0 aliphatic carbocycles. The molecule has 1 saturated heterocycles. The molecule has 3 heteroatoms. The summed E-state index contributed by atoms with van der Waals surface area (Å²) in [6, 6.07) is 9.01. The van der Waals surface area contributed by atoms with Gasteiger partial charge in [0.1, 0.15) is 0 Å². The molecule has 1 aromatic carbocycles. The van der Waals surface area contributed by atoms with E-state index in [9.17, 15) is 0 Å². The number of fused-ring (bicyclic) bond motifs is 1. The lowest BCUT2D eigenvalue weighted by Gasteiger charge is -2.23. The molecule has 100 valence electrons. The average molecular weight is 256 g/mol. The van der Waals surface area contributed by atoms with Crippen molar-refractivity contribution in [2.24, 2.45) is 0 Å². The molecule has 2 heterocycles. The van der Waals surface area contributed by atoms with Gasteiger partial charge in [0.15, 0.2) is 0 Å². The second kappa shape index (κ2) is 5.68. The summed E-state index contributed by atoms with van der Waals surface area (Å²) in [6.45, 7) is 4.75. The lowest BCUT2D eigenvalue weighted by atomic mass is 10.0. The van der Waals surface area contributed by atoms with Crippen LogP contribution in [0, 0.1) is 6.92 Å². The minimum Gasteiger partial charge on any atom is -0.380 e. The molecule has 0 bridgehead atoms. The van der Waals surface area contributed by atoms with Gasteiger partial charge in [0, 0.05) is 30.8 Å². The lowest BCUT2D eigenvalue weighted by Crippen LogP contribution is -2.36. The van der Waals surface area contributed by atoms with Crippen molar-refractivity contribution >= 4 is 10.9 Å². The highest BCUT2D eigenvalue weighted by atomic mass is 16.5. The first-order chi connectivity index (χ1) is 9.34. The van der Waals surface area contributed by atoms with Crippen molar-refractivity contribution in [3.63, 3.8) is 0 Å². The number of nitrogens with zero attached hydrogens (tertiary/aromatic N) is 1. The van der Waals surface area contributed by atoms with Crippen LogP contribution < -0.4 is 5.32 Å². The van der Waals surface area contributed by atoms with E-state index in [-0.39, 0.29) is 0 Å². The summed E-state index contributed by atoms with van der Waals surface area (Å²) in [7, 11) is 0. The first-order valence-corrected chi connectivity index (χ1v) is 6.99. The molecule has 1 aliphatic heterocycles. The van der Waals surface area contributed by atoms with Crippen molar-refractivity contribution in [1.82, 2.24) is 10.3 Å². The minimum absolute atomic E-state index is 0.488. The van der Waals surface area contributed by atoms with Gasteiger partial charge in [0.2, 0.25) is 0 Å². The van der Waals surface area contributed by atoms with Crippen LogP contribution in [-0.2, 0) is 11.3 Å². The third-order valence-corrected chi connectivity index (χ3v) is 3.80. The molecule has 3 rings (SSSR count). The highest BCUT2D eigenvalue weighted by Crippen LogP contribution is 2.20. The van der Waals surface area contributed by atoms with Crippen molar-refractivity contribution in [2.75, 3.05) is 13.2 Å². The third kappa shape index (κ3) is 2.77. The van der Waals surface area contributed by atoms with Gasteiger partial charge in [-0.3, -0.25) is 4.98 Å². The zero-order valence-corrected chi connectivity index (χ0v) is 11.4. The molecule has 1 atom stereocenters. The Morgan fingerprint density at radius 2 is 2.32 bits per heavy atom. The van der Waals surface area contributed by atoms with E-state index >= 15 is 0 Å². The Kier molecular flexibility index (Phi) is 3.76. The Hall–Kier alpha value is -1.45. The van der Waals surface area contributed by atoms with Crippen LogP contribution in [0.3, 0.4) is 0 Å². The number of hydrogen-bond donors (Lipinski definition) is 1. The van der Waals surface area contributed by atoms with Gasteiger partial charge in [-0.15, -0.1) is 0 Å². The molecule has 0 spiro atoms. The van der Waals surface area contributed by atoms with E-state index in [0.29, 0.717) is 6.04 Å². The molecule has 0 amide bonds. The van der Waals surface area contributed by atoms with Crippen LogP contribution in [0.2, 0.25) is 0 Å². The molecule has 1 aromatic heterocycles. The van der Waals surface area contributed by atoms with Crippen LogP contribution in [0.15, 0.2) is 30.5 Å². The van der Waals surface area contributed by atoms with E-state index in [4.69, 9.17) is 4.74 Å². The topological polar surface area (TPSA) is 34.1 Å². The van der Waals surface area contributed by atoms with E-state index < -0.39 is 0 Å². The van der Waals surface area contributed by atoms with Crippen molar-refractivity contribution in [3.05, 3.63) is 41.6 Å². The molecule has 2 aromatic rings. The van der Waals surface area contributed by atoms with Crippen LogP contribution in [0.4, 0.5) is 0 Å². The quantitative estimate of drug-likeness (QED) is 0.917. The number of aromatic nitrogens is 1. The summed E-state index contributed by atoms with van der Waals surface area (Å²) in [4.78, 5) is 4.48. The van der Waals surface area contributed by atoms with Crippen LogP contribution in [-0.4, -0.2) is 24.2 Å². The molecular formula is C16H20N2O. The predicted octanol–water partition coefficient (Wildman–Crippen LogP) is 2.81. The highest BCUT2D eigenvalue weighted by molar-refractivity contribution is 5.84. The monoisotopic (exact) mass is 256 g/mol. The van der Waals surface area contributed by atoms with E-state index in [1.54, 1.807) is 0 Å². The summed E-state index contributed by atoms with van der Waals surface area (Å²) in [5, 5.41) is 4.85. The van der Waals surface area contributed by atoms with Gasteiger partial charge in [-0.2, -0.15) is 0 Å². The third-order valence-electron chi connectivity index (χ3n) is 3.80. The Labute approximate surface area is 114 Å². The van der Waals surface area contributed by atoms with Gasteiger partial charge >= 0.3 is 0 Å². The Bertz CT molecular complexity index is 562. The summed E-state index contributed by atoms with van der Waals surface area (Å²) < 4.78 is 5.50. The maximum atomic E-state index is 5.50. The van der Waals surface area contributed by atoms with Gasteiger partial charge < -0.3 is 10.1 Å². The normalized spacial score (nSPS) is 19.7. The van der Waals surface area contributed by atoms with Gasteiger partial charge in [0.05, 0.1) is 12.1 Å². The Balaban J connectivity index is 1.79. The van der Waals surface area contributed by atoms with Crippen LogP contribution in [0.5, 0.6) is 0 Å². The maximum Gasteiger partial charge on any atom is 0.0734 e. The molecule has 1 fully saturated rings. The number of nitrogens with one attached hydrogen (secondary N) is 1. The molecule has 3 nitrogen and oxygen atoms in total. The smallest absolute Gasteiger partial charge is 0.0734 e. The molecule has 1 N–H and O–H groups in total. The molecule has 19 heavy (non-hydrogen) atoms. The van der Waals surface area contributed by atoms with Crippen molar-refractivity contribution in [3.8, 4) is 0 Å². The van der Waals surface area contributed by atoms with E-state index in [2.05, 4.69) is 35.4 Å². The fourth-order valence-electron chi connectivity index (χ4n) is 2.68. The van der Waals surface area contributed by atoms with Gasteiger partial charge in [-0.25, -0.2) is 0 Å². The predicted molar refractivity (Wildman–Crippen MR) is 77.2 cm³/mol. The zero-order chi connectivity index (χ0) is 13.1. The largest absolute Gasteiger partial charge is 0.380 e. The van der Waals surface area contributed by atoms with E-state index in [1.807, 2.05) is 12.3 Å². The second-order valence-electron chi connectivity index (χ2n) is 5.24. The minimum atomic E-state index is 0.488. The fourth-order valence-corrected chi connectivity index (χ4v) is 2.68. The average Bonchev–Trinajstić information content (AvgIpc) is 2.48. The molecule has 0 saturated carbocycles. The van der Waals surface area contributed by atoms with Crippen LogP contribution >= 0.6 is 0 Å². The molecule has 1 aliphatic rings. The maximum absolute atomic E-state index is 5.50. The number of hydrogen-bond acceptors (Lipinski definition) is 3. The fraction of sp³-hybridized carbons (Fsp3) is 0.438. The lowest BCUT2D eigenvalue weighted by molar-refractivity contribution is 0.0700. The number of pyridine rings is 1. The van der Waals surface area contributed by atoms with Gasteiger partial charge in [0.25, 0.3) is 0 Å². The van der Waals surface area contributed by atoms with Crippen molar-refractivity contribution < 1.29 is 4.74 Å². The number of benzene rings is 1. The first-order valence-electron chi connectivity index (χ1n) is 6.99. The SMILES string of the molecule is Cc1ccc(CN[C@H]2CCCOC2)c2cccnc12. The summed E-state index contributed by atoms with van der Waals surface area (Å²) in [5.74, 6) is 0. The molecule has 0 unspecified atom stereocenters. The highest BCUT2D eigenvalue weighted by Gasteiger charge is 2.13. The second-order valence-corrected chi connectivity index (χ2v) is 5.24. The van der Waals surface area contributed by atoms with Crippen molar-refractivity contribution in [2.45, 2.75) is 32.4 Å². The van der Waals surface area contributed by atoms with E-state index in [1.165, 1.54) is 22.9 Å². The Morgan fingerprint density at radius 1 is 1.37 bits per heavy atom. The number of ether oxygens (including phenoxy) is 1.